The van der Waals surface area contributed by atoms with Crippen molar-refractivity contribution >= 4 is 17.7 Å². The van der Waals surface area contributed by atoms with E-state index in [-0.39, 0.29) is 23.8 Å². The fourth-order valence-electron chi connectivity index (χ4n) is 4.81. The first kappa shape index (κ1) is 15.4. The largest absolute Gasteiger partial charge is 0.349 e. The maximum atomic E-state index is 12.6. The maximum Gasteiger partial charge on any atom is 0.261 e. The Morgan fingerprint density at radius 1 is 1.17 bits per heavy atom. The lowest BCUT2D eigenvalue weighted by Gasteiger charge is -2.28. The zero-order valence-corrected chi connectivity index (χ0v) is 14.0. The summed E-state index contributed by atoms with van der Waals surface area (Å²) in [6, 6.07) is 4.89. The second-order valence-corrected chi connectivity index (χ2v) is 7.53. The number of rotatable bonds is 3. The molecule has 0 spiro atoms. The molecule has 4 rings (SSSR count). The summed E-state index contributed by atoms with van der Waals surface area (Å²) in [7, 11) is 1.46. The highest BCUT2D eigenvalue weighted by atomic mass is 16.2. The molecule has 24 heavy (non-hydrogen) atoms. The van der Waals surface area contributed by atoms with Gasteiger partial charge in [0.15, 0.2) is 0 Å². The summed E-state index contributed by atoms with van der Waals surface area (Å²) < 4.78 is 0. The van der Waals surface area contributed by atoms with Gasteiger partial charge in [-0.05, 0) is 62.1 Å². The molecule has 5 nitrogen and oxygen atoms in total. The molecule has 2 fully saturated rings. The first-order valence-electron chi connectivity index (χ1n) is 8.73. The quantitative estimate of drug-likeness (QED) is 0.868. The Hall–Kier alpha value is -2.17. The first-order chi connectivity index (χ1) is 11.5. The Morgan fingerprint density at radius 3 is 2.58 bits per heavy atom. The summed E-state index contributed by atoms with van der Waals surface area (Å²) in [5.41, 5.74) is 1.14. The van der Waals surface area contributed by atoms with Crippen molar-refractivity contribution in [2.75, 3.05) is 7.05 Å². The van der Waals surface area contributed by atoms with Gasteiger partial charge in [-0.3, -0.25) is 19.3 Å². The number of carbonyl (C=O) groups excluding carboxylic acids is 3. The highest BCUT2D eigenvalue weighted by Crippen LogP contribution is 2.49. The number of imide groups is 1. The van der Waals surface area contributed by atoms with Crippen molar-refractivity contribution < 1.29 is 14.4 Å². The molecule has 1 heterocycles. The third-order valence-electron chi connectivity index (χ3n) is 6.15. The lowest BCUT2D eigenvalue weighted by atomic mass is 9.84. The van der Waals surface area contributed by atoms with E-state index in [2.05, 4.69) is 12.2 Å². The van der Waals surface area contributed by atoms with Gasteiger partial charge in [-0.25, -0.2) is 0 Å². The topological polar surface area (TPSA) is 66.5 Å². The molecule has 1 aliphatic heterocycles. The molecule has 2 aliphatic carbocycles. The minimum Gasteiger partial charge on any atom is -0.349 e. The molecule has 126 valence electrons. The van der Waals surface area contributed by atoms with E-state index in [1.165, 1.54) is 32.7 Å². The third-order valence-corrected chi connectivity index (χ3v) is 6.15. The molecule has 2 saturated carbocycles. The first-order valence-corrected chi connectivity index (χ1v) is 8.73. The molecule has 3 amide bonds. The maximum absolute atomic E-state index is 12.6. The predicted octanol–water partition coefficient (Wildman–Crippen LogP) is 2.47. The molecule has 0 saturated heterocycles. The van der Waals surface area contributed by atoms with Crippen molar-refractivity contribution in [2.24, 2.45) is 17.8 Å². The van der Waals surface area contributed by atoms with E-state index in [0.29, 0.717) is 22.6 Å². The van der Waals surface area contributed by atoms with Crippen LogP contribution >= 0.6 is 0 Å². The minimum atomic E-state index is -0.342. The van der Waals surface area contributed by atoms with Crippen molar-refractivity contribution in [1.82, 2.24) is 10.2 Å². The number of hydrogen-bond acceptors (Lipinski definition) is 3. The van der Waals surface area contributed by atoms with Gasteiger partial charge in [0, 0.05) is 18.7 Å². The summed E-state index contributed by atoms with van der Waals surface area (Å²) in [6.07, 6.45) is 5.16. The summed E-state index contributed by atoms with van der Waals surface area (Å²) in [4.78, 5) is 37.6. The number of nitrogens with zero attached hydrogens (tertiary/aromatic N) is 1. The smallest absolute Gasteiger partial charge is 0.261 e. The molecule has 4 unspecified atom stereocenters. The molecule has 4 atom stereocenters. The van der Waals surface area contributed by atoms with E-state index >= 15 is 0 Å². The Kier molecular flexibility index (Phi) is 3.48. The molecular weight excluding hydrogens is 304 g/mol. The van der Waals surface area contributed by atoms with Crippen LogP contribution in [0.1, 0.15) is 63.7 Å². The van der Waals surface area contributed by atoms with Gasteiger partial charge in [0.05, 0.1) is 11.1 Å². The lowest BCUT2D eigenvalue weighted by Crippen LogP contribution is -2.40. The van der Waals surface area contributed by atoms with Crippen LogP contribution < -0.4 is 5.32 Å². The second kappa shape index (κ2) is 5.43. The molecular formula is C19H22N2O3. The summed E-state index contributed by atoms with van der Waals surface area (Å²) >= 11 is 0. The zero-order valence-electron chi connectivity index (χ0n) is 14.0. The summed E-state index contributed by atoms with van der Waals surface area (Å²) in [5.74, 6) is 1.35. The summed E-state index contributed by atoms with van der Waals surface area (Å²) in [5, 5.41) is 3.10. The monoisotopic (exact) mass is 326 g/mol. The lowest BCUT2D eigenvalue weighted by molar-refractivity contribution is 0.0693. The van der Waals surface area contributed by atoms with Crippen LogP contribution in [0.2, 0.25) is 0 Å². The average Bonchev–Trinajstić information content (AvgIpc) is 3.26. The summed E-state index contributed by atoms with van der Waals surface area (Å²) in [6.45, 7) is 2.08. The molecule has 5 heteroatoms. The van der Waals surface area contributed by atoms with E-state index in [9.17, 15) is 14.4 Å². The Balaban J connectivity index is 1.49. The van der Waals surface area contributed by atoms with E-state index in [4.69, 9.17) is 0 Å². The number of amides is 3. The molecule has 0 radical (unpaired) electrons. The van der Waals surface area contributed by atoms with Gasteiger partial charge < -0.3 is 5.32 Å². The van der Waals surface area contributed by atoms with Crippen LogP contribution in [0.25, 0.3) is 0 Å². The van der Waals surface area contributed by atoms with Crippen molar-refractivity contribution in [3.8, 4) is 0 Å². The molecule has 1 aromatic rings. The number of nitrogens with one attached hydrogen (secondary N) is 1. The van der Waals surface area contributed by atoms with Gasteiger partial charge in [-0.1, -0.05) is 6.42 Å². The molecule has 1 aromatic carbocycles. The number of hydrogen-bond donors (Lipinski definition) is 1. The van der Waals surface area contributed by atoms with Gasteiger partial charge in [-0.15, -0.1) is 0 Å². The van der Waals surface area contributed by atoms with Crippen molar-refractivity contribution in [2.45, 2.75) is 38.6 Å². The highest BCUT2D eigenvalue weighted by molar-refractivity contribution is 6.21. The zero-order chi connectivity index (χ0) is 17.0. The third kappa shape index (κ3) is 2.26. The van der Waals surface area contributed by atoms with Gasteiger partial charge in [-0.2, -0.15) is 0 Å². The van der Waals surface area contributed by atoms with Crippen molar-refractivity contribution in [3.63, 3.8) is 0 Å². The van der Waals surface area contributed by atoms with Crippen LogP contribution in [0.3, 0.4) is 0 Å². The number of benzene rings is 1. The van der Waals surface area contributed by atoms with E-state index in [0.717, 1.165) is 16.7 Å². The van der Waals surface area contributed by atoms with Gasteiger partial charge in [0.1, 0.15) is 0 Å². The van der Waals surface area contributed by atoms with Crippen LogP contribution in [-0.4, -0.2) is 35.7 Å². The van der Waals surface area contributed by atoms with E-state index in [1.54, 1.807) is 18.2 Å². The SMILES string of the molecule is CC(NC(=O)c1ccc2c(c1)C(=O)N(C)C2=O)C1CC2CCC1C2. The number of fused-ring (bicyclic) bond motifs is 3. The van der Waals surface area contributed by atoms with E-state index < -0.39 is 0 Å². The van der Waals surface area contributed by atoms with Gasteiger partial charge in [0.2, 0.25) is 0 Å². The Labute approximate surface area is 141 Å². The van der Waals surface area contributed by atoms with Crippen LogP contribution in [0.4, 0.5) is 0 Å². The van der Waals surface area contributed by atoms with E-state index in [1.807, 2.05) is 0 Å². The Bertz CT molecular complexity index is 742. The van der Waals surface area contributed by atoms with Crippen LogP contribution in [-0.2, 0) is 0 Å². The molecule has 0 aromatic heterocycles. The highest BCUT2D eigenvalue weighted by Gasteiger charge is 2.42. The standard InChI is InChI=1S/C19H22N2O3/c1-10(15-8-11-3-4-12(15)7-11)20-17(22)13-5-6-14-16(9-13)19(24)21(2)18(14)23/h5-6,9-12,15H,3-4,7-8H2,1-2H3,(H,20,22). The minimum absolute atomic E-state index is 0.140. The van der Waals surface area contributed by atoms with Crippen molar-refractivity contribution in [1.29, 1.82) is 0 Å². The Morgan fingerprint density at radius 2 is 1.92 bits per heavy atom. The average molecular weight is 326 g/mol. The predicted molar refractivity (Wildman–Crippen MR) is 88.7 cm³/mol. The van der Waals surface area contributed by atoms with Crippen molar-refractivity contribution in [3.05, 3.63) is 34.9 Å². The molecule has 2 bridgehead atoms. The fraction of sp³-hybridized carbons (Fsp3) is 0.526. The van der Waals surface area contributed by atoms with Gasteiger partial charge in [0.25, 0.3) is 17.7 Å². The number of carbonyl (C=O) groups is 3. The molecule has 3 aliphatic rings. The van der Waals surface area contributed by atoms with Crippen LogP contribution in [0.15, 0.2) is 18.2 Å². The fourth-order valence-corrected chi connectivity index (χ4v) is 4.81. The molecule has 1 N–H and O–H groups in total. The normalized spacial score (nSPS) is 29.1. The van der Waals surface area contributed by atoms with Crippen LogP contribution in [0.5, 0.6) is 0 Å². The second-order valence-electron chi connectivity index (χ2n) is 7.53. The van der Waals surface area contributed by atoms with Crippen LogP contribution in [0, 0.1) is 17.8 Å². The van der Waals surface area contributed by atoms with Gasteiger partial charge >= 0.3 is 0 Å².